The van der Waals surface area contributed by atoms with E-state index >= 15 is 0 Å². The third kappa shape index (κ3) is 5.61. The molecule has 0 heterocycles. The van der Waals surface area contributed by atoms with Gasteiger partial charge in [0.1, 0.15) is 5.75 Å². The molecule has 0 bridgehead atoms. The van der Waals surface area contributed by atoms with Gasteiger partial charge in [0, 0.05) is 10.7 Å². The predicted molar refractivity (Wildman–Crippen MR) is 95.4 cm³/mol. The Bertz CT molecular complexity index is 653. The SMILES string of the molecule is CCCCc1ccc(NC(=O)COc2ccc(Cl)c(C)c2)cc1. The van der Waals surface area contributed by atoms with Crippen LogP contribution in [0.15, 0.2) is 42.5 Å². The molecule has 0 atom stereocenters. The summed E-state index contributed by atoms with van der Waals surface area (Å²) in [6, 6.07) is 13.3. The van der Waals surface area contributed by atoms with Crippen LogP contribution in [0.25, 0.3) is 0 Å². The van der Waals surface area contributed by atoms with Crippen molar-refractivity contribution in [2.45, 2.75) is 33.1 Å². The molecule has 0 saturated heterocycles. The van der Waals surface area contributed by atoms with Crippen LogP contribution in [0.2, 0.25) is 5.02 Å². The van der Waals surface area contributed by atoms with Gasteiger partial charge in [0.05, 0.1) is 0 Å². The third-order valence-corrected chi connectivity index (χ3v) is 3.98. The zero-order chi connectivity index (χ0) is 16.7. The summed E-state index contributed by atoms with van der Waals surface area (Å²) < 4.78 is 5.48. The fourth-order valence-electron chi connectivity index (χ4n) is 2.19. The summed E-state index contributed by atoms with van der Waals surface area (Å²) in [5, 5.41) is 3.52. The van der Waals surface area contributed by atoms with Crippen molar-refractivity contribution in [1.82, 2.24) is 0 Å². The number of aryl methyl sites for hydroxylation is 2. The summed E-state index contributed by atoms with van der Waals surface area (Å²) in [6.45, 7) is 4.05. The normalized spacial score (nSPS) is 10.4. The molecule has 2 aromatic carbocycles. The Morgan fingerprint density at radius 3 is 2.57 bits per heavy atom. The Morgan fingerprint density at radius 1 is 1.17 bits per heavy atom. The smallest absolute Gasteiger partial charge is 0.262 e. The first-order valence-electron chi connectivity index (χ1n) is 7.86. The largest absolute Gasteiger partial charge is 0.484 e. The molecule has 0 fully saturated rings. The average molecular weight is 332 g/mol. The van der Waals surface area contributed by atoms with Crippen LogP contribution in [-0.2, 0) is 11.2 Å². The molecule has 23 heavy (non-hydrogen) atoms. The van der Waals surface area contributed by atoms with Crippen molar-refractivity contribution in [3.05, 3.63) is 58.6 Å². The second-order valence-corrected chi connectivity index (χ2v) is 5.96. The molecule has 0 aliphatic rings. The van der Waals surface area contributed by atoms with Crippen LogP contribution in [0.4, 0.5) is 5.69 Å². The molecule has 0 aliphatic heterocycles. The van der Waals surface area contributed by atoms with Gasteiger partial charge in [-0.15, -0.1) is 0 Å². The molecule has 0 aliphatic carbocycles. The van der Waals surface area contributed by atoms with Gasteiger partial charge in [-0.25, -0.2) is 0 Å². The quantitative estimate of drug-likeness (QED) is 0.774. The number of carbonyl (C=O) groups excluding carboxylic acids is 1. The number of rotatable bonds is 7. The number of carbonyl (C=O) groups is 1. The molecule has 3 nitrogen and oxygen atoms in total. The zero-order valence-corrected chi connectivity index (χ0v) is 14.3. The van der Waals surface area contributed by atoms with Crippen LogP contribution in [-0.4, -0.2) is 12.5 Å². The highest BCUT2D eigenvalue weighted by Gasteiger charge is 2.05. The molecular weight excluding hydrogens is 310 g/mol. The fourth-order valence-corrected chi connectivity index (χ4v) is 2.31. The standard InChI is InChI=1S/C19H22ClNO2/c1-3-4-5-15-6-8-16(9-7-15)21-19(22)13-23-17-10-11-18(20)14(2)12-17/h6-12H,3-5,13H2,1-2H3,(H,21,22). The van der Waals surface area contributed by atoms with E-state index in [2.05, 4.69) is 24.4 Å². The van der Waals surface area contributed by atoms with Gasteiger partial charge in [-0.1, -0.05) is 37.1 Å². The first-order valence-corrected chi connectivity index (χ1v) is 8.24. The number of unbranched alkanes of at least 4 members (excludes halogenated alkanes) is 1. The predicted octanol–water partition coefficient (Wildman–Crippen LogP) is 5.01. The van der Waals surface area contributed by atoms with Crippen LogP contribution in [0, 0.1) is 6.92 Å². The molecule has 0 unspecified atom stereocenters. The number of hydrogen-bond acceptors (Lipinski definition) is 2. The third-order valence-electron chi connectivity index (χ3n) is 3.56. The Balaban J connectivity index is 1.83. The van der Waals surface area contributed by atoms with Crippen LogP contribution in [0.5, 0.6) is 5.75 Å². The maximum atomic E-state index is 11.9. The second kappa shape index (κ2) is 8.59. The van der Waals surface area contributed by atoms with Gasteiger partial charge in [-0.2, -0.15) is 0 Å². The summed E-state index contributed by atoms with van der Waals surface area (Å²) in [7, 11) is 0. The summed E-state index contributed by atoms with van der Waals surface area (Å²) >= 11 is 5.96. The molecule has 122 valence electrons. The van der Waals surface area contributed by atoms with E-state index in [4.69, 9.17) is 16.3 Å². The molecule has 0 radical (unpaired) electrons. The molecule has 0 saturated carbocycles. The van der Waals surface area contributed by atoms with E-state index < -0.39 is 0 Å². The van der Waals surface area contributed by atoms with Gasteiger partial charge < -0.3 is 10.1 Å². The van der Waals surface area contributed by atoms with Crippen molar-refractivity contribution in [3.63, 3.8) is 0 Å². The summed E-state index contributed by atoms with van der Waals surface area (Å²) in [5.74, 6) is 0.455. The molecule has 2 aromatic rings. The Kier molecular flexibility index (Phi) is 6.48. The van der Waals surface area contributed by atoms with Crippen LogP contribution < -0.4 is 10.1 Å². The number of benzene rings is 2. The highest BCUT2D eigenvalue weighted by molar-refractivity contribution is 6.31. The van der Waals surface area contributed by atoms with Crippen molar-refractivity contribution in [3.8, 4) is 5.75 Å². The van der Waals surface area contributed by atoms with Crippen LogP contribution >= 0.6 is 11.6 Å². The molecule has 0 spiro atoms. The minimum Gasteiger partial charge on any atom is -0.484 e. The topological polar surface area (TPSA) is 38.3 Å². The van der Waals surface area contributed by atoms with E-state index in [0.717, 1.165) is 17.7 Å². The lowest BCUT2D eigenvalue weighted by Gasteiger charge is -2.09. The Labute approximate surface area is 142 Å². The van der Waals surface area contributed by atoms with Crippen molar-refractivity contribution in [2.24, 2.45) is 0 Å². The summed E-state index contributed by atoms with van der Waals surface area (Å²) in [4.78, 5) is 11.9. The number of amides is 1. The van der Waals surface area contributed by atoms with Gasteiger partial charge in [0.2, 0.25) is 0 Å². The number of anilines is 1. The maximum absolute atomic E-state index is 11.9. The van der Waals surface area contributed by atoms with Crippen LogP contribution in [0.3, 0.4) is 0 Å². The lowest BCUT2D eigenvalue weighted by Crippen LogP contribution is -2.20. The number of ether oxygens (including phenoxy) is 1. The van der Waals surface area contributed by atoms with E-state index in [9.17, 15) is 4.79 Å². The zero-order valence-electron chi connectivity index (χ0n) is 13.6. The van der Waals surface area contributed by atoms with E-state index in [1.807, 2.05) is 25.1 Å². The van der Waals surface area contributed by atoms with E-state index in [1.54, 1.807) is 12.1 Å². The lowest BCUT2D eigenvalue weighted by molar-refractivity contribution is -0.118. The fraction of sp³-hybridized carbons (Fsp3) is 0.316. The second-order valence-electron chi connectivity index (χ2n) is 5.55. The number of halogens is 1. The van der Waals surface area contributed by atoms with E-state index in [-0.39, 0.29) is 12.5 Å². The van der Waals surface area contributed by atoms with E-state index in [1.165, 1.54) is 18.4 Å². The summed E-state index contributed by atoms with van der Waals surface area (Å²) in [6.07, 6.45) is 3.43. The van der Waals surface area contributed by atoms with E-state index in [0.29, 0.717) is 10.8 Å². The average Bonchev–Trinajstić information content (AvgIpc) is 2.55. The first-order chi connectivity index (χ1) is 11.1. The van der Waals surface area contributed by atoms with Crippen molar-refractivity contribution in [1.29, 1.82) is 0 Å². The maximum Gasteiger partial charge on any atom is 0.262 e. The molecule has 1 N–H and O–H groups in total. The highest BCUT2D eigenvalue weighted by Crippen LogP contribution is 2.21. The van der Waals surface area contributed by atoms with Gasteiger partial charge in [0.15, 0.2) is 6.61 Å². The monoisotopic (exact) mass is 331 g/mol. The molecule has 0 aromatic heterocycles. The van der Waals surface area contributed by atoms with Gasteiger partial charge in [-0.05, 0) is 61.2 Å². The highest BCUT2D eigenvalue weighted by atomic mass is 35.5. The van der Waals surface area contributed by atoms with Gasteiger partial charge >= 0.3 is 0 Å². The molecule has 4 heteroatoms. The molecular formula is C19H22ClNO2. The van der Waals surface area contributed by atoms with Crippen molar-refractivity contribution < 1.29 is 9.53 Å². The van der Waals surface area contributed by atoms with Gasteiger partial charge in [-0.3, -0.25) is 4.79 Å². The number of nitrogens with one attached hydrogen (secondary N) is 1. The van der Waals surface area contributed by atoms with Crippen molar-refractivity contribution in [2.75, 3.05) is 11.9 Å². The minimum atomic E-state index is -0.182. The van der Waals surface area contributed by atoms with Crippen molar-refractivity contribution >= 4 is 23.2 Å². The molecule has 1 amide bonds. The first kappa shape index (κ1) is 17.4. The van der Waals surface area contributed by atoms with Gasteiger partial charge in [0.25, 0.3) is 5.91 Å². The Hall–Kier alpha value is -2.00. The summed E-state index contributed by atoms with van der Waals surface area (Å²) in [5.41, 5.74) is 3.00. The Morgan fingerprint density at radius 2 is 1.91 bits per heavy atom. The molecule has 2 rings (SSSR count). The lowest BCUT2D eigenvalue weighted by atomic mass is 10.1. The number of hydrogen-bond donors (Lipinski definition) is 1. The minimum absolute atomic E-state index is 0.0291. The van der Waals surface area contributed by atoms with Crippen LogP contribution in [0.1, 0.15) is 30.9 Å².